The standard InChI is InChI=1S/C15H19N3/c1-4-11-18(15-16-9-10-17-15)14-12(3)7-6-8-13(14)5-2/h1,6-8H,5,9-11H2,2-3H3,(H,16,17). The summed E-state index contributed by atoms with van der Waals surface area (Å²) >= 11 is 0. The highest BCUT2D eigenvalue weighted by Crippen LogP contribution is 2.26. The molecule has 3 nitrogen and oxygen atoms in total. The summed E-state index contributed by atoms with van der Waals surface area (Å²) < 4.78 is 0. The topological polar surface area (TPSA) is 27.6 Å². The Morgan fingerprint density at radius 2 is 2.33 bits per heavy atom. The van der Waals surface area contributed by atoms with E-state index in [0.29, 0.717) is 6.54 Å². The van der Waals surface area contributed by atoms with E-state index in [-0.39, 0.29) is 0 Å². The smallest absolute Gasteiger partial charge is 0.199 e. The molecule has 0 radical (unpaired) electrons. The van der Waals surface area contributed by atoms with Crippen LogP contribution < -0.4 is 10.2 Å². The van der Waals surface area contributed by atoms with Crippen molar-refractivity contribution in [2.24, 2.45) is 4.99 Å². The minimum atomic E-state index is 0.545. The molecule has 1 aliphatic rings. The maximum atomic E-state index is 5.50. The molecule has 1 aliphatic heterocycles. The number of hydrogen-bond donors (Lipinski definition) is 1. The third-order valence-corrected chi connectivity index (χ3v) is 3.13. The van der Waals surface area contributed by atoms with Crippen LogP contribution in [0.15, 0.2) is 23.2 Å². The fourth-order valence-electron chi connectivity index (χ4n) is 2.31. The van der Waals surface area contributed by atoms with Crippen molar-refractivity contribution in [2.45, 2.75) is 20.3 Å². The summed E-state index contributed by atoms with van der Waals surface area (Å²) in [6.45, 7) is 6.54. The summed E-state index contributed by atoms with van der Waals surface area (Å²) in [4.78, 5) is 6.60. The third-order valence-electron chi connectivity index (χ3n) is 3.13. The molecular weight excluding hydrogens is 222 g/mol. The molecule has 0 saturated carbocycles. The second kappa shape index (κ2) is 5.59. The SMILES string of the molecule is C#CCN(C1=NCCN1)c1c(C)cccc1CC. The van der Waals surface area contributed by atoms with Crippen molar-refractivity contribution >= 4 is 11.6 Å². The molecule has 1 heterocycles. The van der Waals surface area contributed by atoms with Crippen molar-refractivity contribution in [3.8, 4) is 12.3 Å². The molecule has 1 aromatic rings. The Labute approximate surface area is 109 Å². The fraction of sp³-hybridized carbons (Fsp3) is 0.400. The zero-order valence-corrected chi connectivity index (χ0v) is 11.0. The molecule has 0 saturated heterocycles. The molecule has 0 bridgehead atoms. The van der Waals surface area contributed by atoms with E-state index in [1.807, 2.05) is 0 Å². The van der Waals surface area contributed by atoms with Gasteiger partial charge >= 0.3 is 0 Å². The number of guanidine groups is 1. The number of terminal acetylenes is 1. The van der Waals surface area contributed by atoms with Gasteiger partial charge in [0, 0.05) is 6.54 Å². The highest BCUT2D eigenvalue weighted by molar-refractivity contribution is 5.98. The number of nitrogens with one attached hydrogen (secondary N) is 1. The first-order valence-corrected chi connectivity index (χ1v) is 6.35. The van der Waals surface area contributed by atoms with E-state index in [2.05, 4.69) is 53.2 Å². The molecule has 18 heavy (non-hydrogen) atoms. The zero-order chi connectivity index (χ0) is 13.0. The summed E-state index contributed by atoms with van der Waals surface area (Å²) in [5.41, 5.74) is 3.74. The molecule has 0 amide bonds. The van der Waals surface area contributed by atoms with Gasteiger partial charge in [0.2, 0.25) is 0 Å². The van der Waals surface area contributed by atoms with E-state index in [9.17, 15) is 0 Å². The first-order valence-electron chi connectivity index (χ1n) is 6.35. The lowest BCUT2D eigenvalue weighted by atomic mass is 10.0. The van der Waals surface area contributed by atoms with Gasteiger partial charge in [0.1, 0.15) is 0 Å². The number of nitrogens with zero attached hydrogens (tertiary/aromatic N) is 2. The van der Waals surface area contributed by atoms with Gasteiger partial charge in [-0.15, -0.1) is 6.42 Å². The van der Waals surface area contributed by atoms with E-state index in [0.717, 1.165) is 25.5 Å². The zero-order valence-electron chi connectivity index (χ0n) is 11.0. The van der Waals surface area contributed by atoms with Crippen molar-refractivity contribution in [1.29, 1.82) is 0 Å². The molecule has 1 N–H and O–H groups in total. The van der Waals surface area contributed by atoms with Crippen LogP contribution in [0.2, 0.25) is 0 Å². The molecule has 0 aliphatic carbocycles. The molecule has 2 rings (SSSR count). The van der Waals surface area contributed by atoms with Crippen LogP contribution in [0.3, 0.4) is 0 Å². The number of para-hydroxylation sites is 1. The van der Waals surface area contributed by atoms with Gasteiger partial charge < -0.3 is 10.2 Å². The van der Waals surface area contributed by atoms with Crippen molar-refractivity contribution in [2.75, 3.05) is 24.5 Å². The van der Waals surface area contributed by atoms with Crippen LogP contribution in [0.4, 0.5) is 5.69 Å². The van der Waals surface area contributed by atoms with E-state index < -0.39 is 0 Å². The lowest BCUT2D eigenvalue weighted by molar-refractivity contribution is 0.943. The number of benzene rings is 1. The first-order chi connectivity index (χ1) is 8.77. The highest BCUT2D eigenvalue weighted by atomic mass is 15.3. The summed E-state index contributed by atoms with van der Waals surface area (Å²) in [6, 6.07) is 6.37. The van der Waals surface area contributed by atoms with Crippen LogP contribution in [-0.4, -0.2) is 25.6 Å². The van der Waals surface area contributed by atoms with Gasteiger partial charge in [0.15, 0.2) is 5.96 Å². The van der Waals surface area contributed by atoms with E-state index in [1.54, 1.807) is 0 Å². The Bertz CT molecular complexity index is 497. The van der Waals surface area contributed by atoms with Gasteiger partial charge in [0.25, 0.3) is 0 Å². The van der Waals surface area contributed by atoms with Gasteiger partial charge in [-0.05, 0) is 24.5 Å². The second-order valence-electron chi connectivity index (χ2n) is 4.36. The number of aliphatic imine (C=N–C) groups is 1. The third kappa shape index (κ3) is 2.33. The van der Waals surface area contributed by atoms with E-state index in [4.69, 9.17) is 6.42 Å². The summed E-state index contributed by atoms with van der Waals surface area (Å²) in [6.07, 6.45) is 6.49. The molecule has 0 aromatic heterocycles. The van der Waals surface area contributed by atoms with Crippen molar-refractivity contribution in [1.82, 2.24) is 5.32 Å². The predicted molar refractivity (Wildman–Crippen MR) is 77.0 cm³/mol. The molecule has 0 atom stereocenters. The van der Waals surface area contributed by atoms with Crippen LogP contribution in [0.25, 0.3) is 0 Å². The number of aryl methyl sites for hydroxylation is 2. The van der Waals surface area contributed by atoms with Gasteiger partial charge in [-0.1, -0.05) is 31.0 Å². The Morgan fingerprint density at radius 3 is 2.94 bits per heavy atom. The minimum Gasteiger partial charge on any atom is -0.354 e. The molecular formula is C15H19N3. The van der Waals surface area contributed by atoms with Gasteiger partial charge in [-0.25, -0.2) is 0 Å². The maximum Gasteiger partial charge on any atom is 0.199 e. The lowest BCUT2D eigenvalue weighted by Crippen LogP contribution is -2.40. The Kier molecular flexibility index (Phi) is 3.88. The monoisotopic (exact) mass is 241 g/mol. The van der Waals surface area contributed by atoms with Crippen molar-refractivity contribution < 1.29 is 0 Å². The van der Waals surface area contributed by atoms with E-state index >= 15 is 0 Å². The largest absolute Gasteiger partial charge is 0.354 e. The van der Waals surface area contributed by atoms with Gasteiger partial charge in [-0.3, -0.25) is 4.99 Å². The molecule has 1 aromatic carbocycles. The van der Waals surface area contributed by atoms with Crippen LogP contribution in [0.5, 0.6) is 0 Å². The fourth-order valence-corrected chi connectivity index (χ4v) is 2.31. The Balaban J connectivity index is 2.45. The van der Waals surface area contributed by atoms with Crippen LogP contribution in [0.1, 0.15) is 18.1 Å². The number of rotatable bonds is 3. The molecule has 3 heteroatoms. The molecule has 0 unspecified atom stereocenters. The summed E-state index contributed by atoms with van der Waals surface area (Å²) in [5.74, 6) is 3.63. The molecule has 94 valence electrons. The Hall–Kier alpha value is -1.95. The Morgan fingerprint density at radius 1 is 1.50 bits per heavy atom. The first kappa shape index (κ1) is 12.5. The van der Waals surface area contributed by atoms with Crippen LogP contribution in [0, 0.1) is 19.3 Å². The quantitative estimate of drug-likeness (QED) is 0.819. The highest BCUT2D eigenvalue weighted by Gasteiger charge is 2.19. The number of hydrogen-bond acceptors (Lipinski definition) is 3. The van der Waals surface area contributed by atoms with Crippen LogP contribution in [-0.2, 0) is 6.42 Å². The summed E-state index contributed by atoms with van der Waals surface area (Å²) in [5, 5.41) is 3.30. The van der Waals surface area contributed by atoms with Gasteiger partial charge in [0.05, 0.1) is 18.8 Å². The van der Waals surface area contributed by atoms with E-state index in [1.165, 1.54) is 16.8 Å². The molecule has 0 fully saturated rings. The minimum absolute atomic E-state index is 0.545. The predicted octanol–water partition coefficient (Wildman–Crippen LogP) is 1.96. The average Bonchev–Trinajstić information content (AvgIpc) is 2.90. The summed E-state index contributed by atoms with van der Waals surface area (Å²) in [7, 11) is 0. The molecule has 0 spiro atoms. The van der Waals surface area contributed by atoms with Crippen molar-refractivity contribution in [3.63, 3.8) is 0 Å². The second-order valence-corrected chi connectivity index (χ2v) is 4.36. The van der Waals surface area contributed by atoms with Crippen LogP contribution >= 0.6 is 0 Å². The lowest BCUT2D eigenvalue weighted by Gasteiger charge is -2.26. The average molecular weight is 241 g/mol. The number of anilines is 1. The normalized spacial score (nSPS) is 13.7. The van der Waals surface area contributed by atoms with Crippen molar-refractivity contribution in [3.05, 3.63) is 29.3 Å². The maximum absolute atomic E-state index is 5.50. The van der Waals surface area contributed by atoms with Gasteiger partial charge in [-0.2, -0.15) is 0 Å².